The molecule has 0 aliphatic heterocycles. The van der Waals surface area contributed by atoms with E-state index in [4.69, 9.17) is 10.1 Å². The highest BCUT2D eigenvalue weighted by atomic mass is 79.9. The maximum absolute atomic E-state index is 13.8. The summed E-state index contributed by atoms with van der Waals surface area (Å²) in [5.41, 5.74) is 4.59. The second kappa shape index (κ2) is 10.8. The van der Waals surface area contributed by atoms with E-state index in [0.29, 0.717) is 17.4 Å². The van der Waals surface area contributed by atoms with Gasteiger partial charge in [0.25, 0.3) is 5.56 Å². The molecule has 1 aliphatic carbocycles. The molecule has 1 aliphatic rings. The molecule has 40 heavy (non-hydrogen) atoms. The summed E-state index contributed by atoms with van der Waals surface area (Å²) in [6, 6.07) is 20.7. The van der Waals surface area contributed by atoms with Crippen LogP contribution in [-0.2, 0) is 6.54 Å². The number of hydrogen-bond acceptors (Lipinski definition) is 4. The Kier molecular flexibility index (Phi) is 7.11. The first-order valence-corrected chi connectivity index (χ1v) is 14.4. The van der Waals surface area contributed by atoms with Gasteiger partial charge < -0.3 is 9.67 Å². The fourth-order valence-corrected chi connectivity index (χ4v) is 6.19. The highest BCUT2D eigenvalue weighted by molar-refractivity contribution is 9.10. The van der Waals surface area contributed by atoms with Crippen LogP contribution in [0.25, 0.3) is 21.8 Å². The Hall–Kier alpha value is -4.04. The minimum atomic E-state index is -0.945. The number of carboxylic acid groups (broad SMARTS) is 1. The molecule has 0 atom stereocenters. The molecule has 7 nitrogen and oxygen atoms in total. The quantitative estimate of drug-likeness (QED) is 0.212. The van der Waals surface area contributed by atoms with Gasteiger partial charge in [-0.05, 0) is 61.7 Å². The molecule has 1 saturated carbocycles. The maximum atomic E-state index is 13.8. The normalized spacial score (nSPS) is 14.4. The fourth-order valence-electron chi connectivity index (χ4n) is 5.83. The van der Waals surface area contributed by atoms with Crippen molar-refractivity contribution in [2.24, 2.45) is 5.10 Å². The minimum absolute atomic E-state index is 0.171. The molecule has 0 amide bonds. The number of benzene rings is 3. The molecule has 0 unspecified atom stereocenters. The first kappa shape index (κ1) is 26.2. The third-order valence-corrected chi connectivity index (χ3v) is 8.39. The van der Waals surface area contributed by atoms with Crippen molar-refractivity contribution in [3.8, 4) is 0 Å². The standard InChI is InChI=1S/C32H29BrN4O3/c1-20-27(25-12-5-6-13-29(25)36(20)19-21-8-7-11-23(16-21)32(39)40)18-34-37-30(22-9-3-2-4-10-22)35-28-15-14-24(33)17-26(28)31(37)38/h5-8,11-18,22H,2-4,9-10,19H2,1H3,(H,39,40). The lowest BCUT2D eigenvalue weighted by molar-refractivity contribution is 0.0696. The van der Waals surface area contributed by atoms with Gasteiger partial charge in [0.1, 0.15) is 5.82 Å². The number of halogens is 1. The van der Waals surface area contributed by atoms with Gasteiger partial charge in [-0.15, -0.1) is 0 Å². The minimum Gasteiger partial charge on any atom is -0.478 e. The number of fused-ring (bicyclic) bond motifs is 2. The molecule has 0 saturated heterocycles. The molecule has 2 heterocycles. The van der Waals surface area contributed by atoms with Gasteiger partial charge in [0.15, 0.2) is 0 Å². The monoisotopic (exact) mass is 596 g/mol. The van der Waals surface area contributed by atoms with Gasteiger partial charge in [0, 0.05) is 39.1 Å². The van der Waals surface area contributed by atoms with Gasteiger partial charge in [0.2, 0.25) is 0 Å². The molecule has 3 aromatic carbocycles. The van der Waals surface area contributed by atoms with Gasteiger partial charge >= 0.3 is 5.97 Å². The zero-order chi connectivity index (χ0) is 27.8. The van der Waals surface area contributed by atoms with Crippen molar-refractivity contribution in [2.45, 2.75) is 51.5 Å². The summed E-state index contributed by atoms with van der Waals surface area (Å²) in [6.45, 7) is 2.54. The number of rotatable bonds is 6. The molecular weight excluding hydrogens is 568 g/mol. The van der Waals surface area contributed by atoms with E-state index in [2.05, 4.69) is 32.6 Å². The molecule has 202 valence electrons. The Morgan fingerprint density at radius 2 is 1.85 bits per heavy atom. The van der Waals surface area contributed by atoms with E-state index in [1.54, 1.807) is 24.4 Å². The van der Waals surface area contributed by atoms with Gasteiger partial charge in [-0.3, -0.25) is 4.79 Å². The van der Waals surface area contributed by atoms with Crippen LogP contribution in [0.5, 0.6) is 0 Å². The van der Waals surface area contributed by atoms with Crippen LogP contribution >= 0.6 is 15.9 Å². The van der Waals surface area contributed by atoms with E-state index in [1.807, 2.05) is 43.3 Å². The van der Waals surface area contributed by atoms with Crippen LogP contribution in [0.4, 0.5) is 0 Å². The molecular formula is C32H29BrN4O3. The number of hydrogen-bond donors (Lipinski definition) is 1. The van der Waals surface area contributed by atoms with Crippen LogP contribution in [0.1, 0.15) is 71.0 Å². The van der Waals surface area contributed by atoms with Crippen molar-refractivity contribution >= 4 is 49.9 Å². The maximum Gasteiger partial charge on any atom is 0.335 e. The smallest absolute Gasteiger partial charge is 0.335 e. The van der Waals surface area contributed by atoms with Crippen LogP contribution in [0.15, 0.2) is 81.1 Å². The van der Waals surface area contributed by atoms with Crippen molar-refractivity contribution in [3.63, 3.8) is 0 Å². The van der Waals surface area contributed by atoms with Gasteiger partial charge in [-0.1, -0.05) is 65.5 Å². The molecule has 1 N–H and O–H groups in total. The fraction of sp³-hybridized carbons (Fsp3) is 0.250. The number of para-hydroxylation sites is 1. The third-order valence-electron chi connectivity index (χ3n) is 7.90. The second-order valence-corrected chi connectivity index (χ2v) is 11.4. The number of aromatic carboxylic acids is 1. The summed E-state index contributed by atoms with van der Waals surface area (Å²) < 4.78 is 4.50. The van der Waals surface area contributed by atoms with Gasteiger partial charge in [-0.2, -0.15) is 9.78 Å². The van der Waals surface area contributed by atoms with Crippen LogP contribution < -0.4 is 5.56 Å². The lowest BCUT2D eigenvalue weighted by Crippen LogP contribution is -2.25. The lowest BCUT2D eigenvalue weighted by Gasteiger charge is -2.22. The van der Waals surface area contributed by atoms with Gasteiger partial charge in [0.05, 0.1) is 22.7 Å². The van der Waals surface area contributed by atoms with Crippen molar-refractivity contribution in [2.75, 3.05) is 0 Å². The zero-order valence-electron chi connectivity index (χ0n) is 22.2. The Labute approximate surface area is 239 Å². The lowest BCUT2D eigenvalue weighted by atomic mass is 9.88. The largest absolute Gasteiger partial charge is 0.478 e. The Morgan fingerprint density at radius 3 is 2.65 bits per heavy atom. The highest BCUT2D eigenvalue weighted by Crippen LogP contribution is 2.32. The van der Waals surface area contributed by atoms with E-state index < -0.39 is 5.97 Å². The Bertz CT molecular complexity index is 1850. The third kappa shape index (κ3) is 4.88. The molecule has 8 heteroatoms. The highest BCUT2D eigenvalue weighted by Gasteiger charge is 2.23. The van der Waals surface area contributed by atoms with Crippen LogP contribution in [-0.4, -0.2) is 31.5 Å². The first-order valence-electron chi connectivity index (χ1n) is 13.6. The van der Waals surface area contributed by atoms with Crippen molar-refractivity contribution in [3.05, 3.63) is 110 Å². The summed E-state index contributed by atoms with van der Waals surface area (Å²) in [5, 5.41) is 15.8. The summed E-state index contributed by atoms with van der Waals surface area (Å²) in [7, 11) is 0. The SMILES string of the molecule is Cc1c(C=Nn2c(C3CCCCC3)nc3ccc(Br)cc3c2=O)c2ccccc2n1Cc1cccc(C(=O)O)c1. The number of aromatic nitrogens is 3. The predicted molar refractivity (Wildman–Crippen MR) is 162 cm³/mol. The Morgan fingerprint density at radius 1 is 1.05 bits per heavy atom. The number of carbonyl (C=O) groups is 1. The average molecular weight is 598 g/mol. The molecule has 1 fully saturated rings. The van der Waals surface area contributed by atoms with Crippen LogP contribution in [0, 0.1) is 6.92 Å². The summed E-state index contributed by atoms with van der Waals surface area (Å²) in [4.78, 5) is 30.3. The predicted octanol–water partition coefficient (Wildman–Crippen LogP) is 7.10. The van der Waals surface area contributed by atoms with E-state index in [9.17, 15) is 14.7 Å². The molecule has 0 bridgehead atoms. The number of carboxylic acids is 1. The second-order valence-electron chi connectivity index (χ2n) is 10.4. The molecule has 5 aromatic rings. The summed E-state index contributed by atoms with van der Waals surface area (Å²) >= 11 is 3.49. The van der Waals surface area contributed by atoms with E-state index >= 15 is 0 Å². The zero-order valence-corrected chi connectivity index (χ0v) is 23.8. The van der Waals surface area contributed by atoms with E-state index in [0.717, 1.165) is 63.7 Å². The molecule has 0 spiro atoms. The molecule has 6 rings (SSSR count). The average Bonchev–Trinajstić information content (AvgIpc) is 3.23. The van der Waals surface area contributed by atoms with E-state index in [1.165, 1.54) is 11.1 Å². The molecule has 0 radical (unpaired) electrons. The van der Waals surface area contributed by atoms with E-state index in [-0.39, 0.29) is 17.0 Å². The van der Waals surface area contributed by atoms with Crippen molar-refractivity contribution in [1.82, 2.24) is 14.2 Å². The van der Waals surface area contributed by atoms with Crippen LogP contribution in [0.3, 0.4) is 0 Å². The molecule has 2 aromatic heterocycles. The number of nitrogens with zero attached hydrogens (tertiary/aromatic N) is 4. The summed E-state index contributed by atoms with van der Waals surface area (Å²) in [6.07, 6.45) is 7.23. The van der Waals surface area contributed by atoms with Crippen molar-refractivity contribution < 1.29 is 9.90 Å². The van der Waals surface area contributed by atoms with Gasteiger partial charge in [-0.25, -0.2) is 9.78 Å². The summed E-state index contributed by atoms with van der Waals surface area (Å²) in [5.74, 6) is -0.0303. The van der Waals surface area contributed by atoms with Crippen LogP contribution in [0.2, 0.25) is 0 Å². The Balaban J connectivity index is 1.48. The topological polar surface area (TPSA) is 89.5 Å². The van der Waals surface area contributed by atoms with Crippen molar-refractivity contribution in [1.29, 1.82) is 0 Å². The first-order chi connectivity index (χ1) is 19.4.